The van der Waals surface area contributed by atoms with E-state index in [1.54, 1.807) is 15.8 Å². The van der Waals surface area contributed by atoms with Crippen LogP contribution in [0.3, 0.4) is 0 Å². The van der Waals surface area contributed by atoms with Crippen LogP contribution in [0.4, 0.5) is 10.5 Å². The van der Waals surface area contributed by atoms with E-state index in [1.165, 1.54) is 0 Å². The van der Waals surface area contributed by atoms with Crippen molar-refractivity contribution in [3.05, 3.63) is 11.9 Å². The summed E-state index contributed by atoms with van der Waals surface area (Å²) in [5, 5.41) is 9.92. The summed E-state index contributed by atoms with van der Waals surface area (Å²) in [5.74, 6) is 0.528. The highest BCUT2D eigenvalue weighted by Crippen LogP contribution is 2.18. The SMILES string of the molecule is CCc1nn(C)cc1NC(=O)NCC[C@H]1CC(=O)N(C)C1. The van der Waals surface area contributed by atoms with Crippen LogP contribution in [-0.2, 0) is 18.3 Å². The lowest BCUT2D eigenvalue weighted by Gasteiger charge is -2.11. The summed E-state index contributed by atoms with van der Waals surface area (Å²) < 4.78 is 1.69. The largest absolute Gasteiger partial charge is 0.345 e. The zero-order chi connectivity index (χ0) is 15.4. The van der Waals surface area contributed by atoms with Gasteiger partial charge < -0.3 is 15.5 Å². The number of rotatable bonds is 5. The molecule has 1 aliphatic rings. The molecule has 3 amide bonds. The number of urea groups is 1. The quantitative estimate of drug-likeness (QED) is 0.849. The molecule has 0 bridgehead atoms. The van der Waals surface area contributed by atoms with Crippen molar-refractivity contribution in [2.24, 2.45) is 13.0 Å². The molecule has 1 saturated heterocycles. The first kappa shape index (κ1) is 15.3. The molecule has 0 radical (unpaired) electrons. The molecule has 7 nitrogen and oxygen atoms in total. The highest BCUT2D eigenvalue weighted by molar-refractivity contribution is 5.89. The highest BCUT2D eigenvalue weighted by atomic mass is 16.2. The van der Waals surface area contributed by atoms with Gasteiger partial charge in [-0.15, -0.1) is 0 Å². The molecular weight excluding hydrogens is 270 g/mol. The minimum Gasteiger partial charge on any atom is -0.345 e. The normalized spacial score (nSPS) is 18.1. The van der Waals surface area contributed by atoms with Crippen molar-refractivity contribution in [3.8, 4) is 0 Å². The fourth-order valence-electron chi connectivity index (χ4n) is 2.61. The lowest BCUT2D eigenvalue weighted by molar-refractivity contribution is -0.126. The number of nitrogens with zero attached hydrogens (tertiary/aromatic N) is 3. The first-order chi connectivity index (χ1) is 9.99. The van der Waals surface area contributed by atoms with E-state index >= 15 is 0 Å². The molecule has 0 unspecified atom stereocenters. The van der Waals surface area contributed by atoms with E-state index in [4.69, 9.17) is 0 Å². The Morgan fingerprint density at radius 1 is 1.48 bits per heavy atom. The Bertz CT molecular complexity index is 525. The van der Waals surface area contributed by atoms with Crippen LogP contribution in [0.2, 0.25) is 0 Å². The predicted octanol–water partition coefficient (Wildman–Crippen LogP) is 0.972. The smallest absolute Gasteiger partial charge is 0.319 e. The number of carbonyl (C=O) groups excluding carboxylic acids is 2. The third-order valence-corrected chi connectivity index (χ3v) is 3.75. The van der Waals surface area contributed by atoms with Crippen LogP contribution in [0.25, 0.3) is 0 Å². The lowest BCUT2D eigenvalue weighted by atomic mass is 10.1. The Balaban J connectivity index is 1.74. The van der Waals surface area contributed by atoms with Crippen molar-refractivity contribution in [3.63, 3.8) is 0 Å². The maximum Gasteiger partial charge on any atom is 0.319 e. The Kier molecular flexibility index (Phi) is 4.82. The number of nitrogens with one attached hydrogen (secondary N) is 2. The van der Waals surface area contributed by atoms with Crippen LogP contribution >= 0.6 is 0 Å². The average molecular weight is 293 g/mol. The first-order valence-corrected chi connectivity index (χ1v) is 7.31. The number of anilines is 1. The van der Waals surface area contributed by atoms with Crippen molar-refractivity contribution in [2.75, 3.05) is 25.5 Å². The summed E-state index contributed by atoms with van der Waals surface area (Å²) in [6.45, 7) is 3.35. The van der Waals surface area contributed by atoms with Crippen molar-refractivity contribution >= 4 is 17.6 Å². The number of likely N-dealkylation sites (tertiary alicyclic amines) is 1. The molecule has 21 heavy (non-hydrogen) atoms. The summed E-state index contributed by atoms with van der Waals surface area (Å²) in [7, 11) is 3.65. The van der Waals surface area contributed by atoms with Crippen molar-refractivity contribution in [1.82, 2.24) is 20.0 Å². The van der Waals surface area contributed by atoms with Crippen LogP contribution in [-0.4, -0.2) is 46.8 Å². The standard InChI is InChI=1S/C14H23N5O2/c1-4-11-12(9-19(3)17-11)16-14(21)15-6-5-10-7-13(20)18(2)8-10/h9-10H,4-8H2,1-3H3,(H2,15,16,21)/t10-/m0/s1. The highest BCUT2D eigenvalue weighted by Gasteiger charge is 2.26. The summed E-state index contributed by atoms with van der Waals surface area (Å²) >= 11 is 0. The summed E-state index contributed by atoms with van der Waals surface area (Å²) in [6.07, 6.45) is 3.97. The van der Waals surface area contributed by atoms with Gasteiger partial charge in [-0.2, -0.15) is 5.10 Å². The molecule has 7 heteroatoms. The molecule has 1 aliphatic heterocycles. The zero-order valence-electron chi connectivity index (χ0n) is 12.8. The molecule has 2 heterocycles. The number of aryl methyl sites for hydroxylation is 2. The van der Waals surface area contributed by atoms with Crippen molar-refractivity contribution in [1.29, 1.82) is 0 Å². The van der Waals surface area contributed by atoms with Gasteiger partial charge >= 0.3 is 6.03 Å². The average Bonchev–Trinajstić information content (AvgIpc) is 2.92. The van der Waals surface area contributed by atoms with E-state index in [-0.39, 0.29) is 11.9 Å². The van der Waals surface area contributed by atoms with Gasteiger partial charge in [0.15, 0.2) is 0 Å². The maximum absolute atomic E-state index is 11.9. The molecule has 1 atom stereocenters. The Labute approximate surface area is 124 Å². The van der Waals surface area contributed by atoms with Gasteiger partial charge in [0.1, 0.15) is 0 Å². The van der Waals surface area contributed by atoms with Crippen molar-refractivity contribution in [2.45, 2.75) is 26.2 Å². The lowest BCUT2D eigenvalue weighted by Crippen LogP contribution is -2.31. The van der Waals surface area contributed by atoms with Crippen LogP contribution in [0.1, 0.15) is 25.5 Å². The summed E-state index contributed by atoms with van der Waals surface area (Å²) in [4.78, 5) is 25.0. The summed E-state index contributed by atoms with van der Waals surface area (Å²) in [5.41, 5.74) is 1.61. The van der Waals surface area contributed by atoms with Gasteiger partial charge in [0, 0.05) is 39.8 Å². The first-order valence-electron chi connectivity index (χ1n) is 7.31. The number of hydrogen-bond donors (Lipinski definition) is 2. The predicted molar refractivity (Wildman–Crippen MR) is 80.0 cm³/mol. The molecule has 0 aromatic carbocycles. The third kappa shape index (κ3) is 3.96. The number of hydrogen-bond acceptors (Lipinski definition) is 3. The number of aromatic nitrogens is 2. The molecular formula is C14H23N5O2. The third-order valence-electron chi connectivity index (χ3n) is 3.75. The van der Waals surface area contributed by atoms with Gasteiger partial charge in [-0.25, -0.2) is 4.79 Å². The molecule has 1 fully saturated rings. The van der Waals surface area contributed by atoms with Gasteiger partial charge in [0.25, 0.3) is 0 Å². The number of amides is 3. The van der Waals surface area contributed by atoms with Crippen LogP contribution in [0, 0.1) is 5.92 Å². The van der Waals surface area contributed by atoms with Crippen LogP contribution in [0.15, 0.2) is 6.20 Å². The Hall–Kier alpha value is -2.05. The molecule has 0 spiro atoms. The number of carbonyl (C=O) groups is 2. The molecule has 0 aliphatic carbocycles. The van der Waals surface area contributed by atoms with Gasteiger partial charge in [-0.1, -0.05) is 6.92 Å². The zero-order valence-corrected chi connectivity index (χ0v) is 12.8. The minimum atomic E-state index is -0.227. The van der Waals surface area contributed by atoms with Crippen LogP contribution < -0.4 is 10.6 Å². The molecule has 1 aromatic rings. The van der Waals surface area contributed by atoms with Gasteiger partial charge in [-0.05, 0) is 18.8 Å². The van der Waals surface area contributed by atoms with Gasteiger partial charge in [0.2, 0.25) is 5.91 Å². The Morgan fingerprint density at radius 3 is 2.86 bits per heavy atom. The van der Waals surface area contributed by atoms with Gasteiger partial charge in [-0.3, -0.25) is 9.48 Å². The monoisotopic (exact) mass is 293 g/mol. The fraction of sp³-hybridized carbons (Fsp3) is 0.643. The second-order valence-electron chi connectivity index (χ2n) is 5.53. The molecule has 0 saturated carbocycles. The second kappa shape index (κ2) is 6.60. The topological polar surface area (TPSA) is 79.3 Å². The Morgan fingerprint density at radius 2 is 2.24 bits per heavy atom. The fourth-order valence-corrected chi connectivity index (χ4v) is 2.61. The van der Waals surface area contributed by atoms with E-state index in [0.717, 1.165) is 30.8 Å². The minimum absolute atomic E-state index is 0.187. The van der Waals surface area contributed by atoms with E-state index < -0.39 is 0 Å². The molecule has 2 rings (SSSR count). The van der Waals surface area contributed by atoms with Crippen molar-refractivity contribution < 1.29 is 9.59 Å². The van der Waals surface area contributed by atoms with E-state index in [9.17, 15) is 9.59 Å². The van der Waals surface area contributed by atoms with Gasteiger partial charge in [0.05, 0.1) is 11.4 Å². The van der Waals surface area contributed by atoms with Crippen LogP contribution in [0.5, 0.6) is 0 Å². The maximum atomic E-state index is 11.9. The van der Waals surface area contributed by atoms with E-state index in [0.29, 0.717) is 18.9 Å². The molecule has 116 valence electrons. The second-order valence-corrected chi connectivity index (χ2v) is 5.53. The van der Waals surface area contributed by atoms with E-state index in [2.05, 4.69) is 15.7 Å². The summed E-state index contributed by atoms with van der Waals surface area (Å²) in [6, 6.07) is -0.227. The molecule has 2 N–H and O–H groups in total. The van der Waals surface area contributed by atoms with E-state index in [1.807, 2.05) is 21.0 Å². The molecule has 1 aromatic heterocycles.